The molecule has 6 nitrogen and oxygen atoms in total. The molecule has 0 saturated carbocycles. The van der Waals surface area contributed by atoms with Crippen molar-refractivity contribution in [3.63, 3.8) is 0 Å². The van der Waals surface area contributed by atoms with Gasteiger partial charge in [-0.2, -0.15) is 0 Å². The lowest BCUT2D eigenvalue weighted by molar-refractivity contribution is -0.141. The molecule has 0 unspecified atom stereocenters. The highest BCUT2D eigenvalue weighted by Crippen LogP contribution is 2.64. The highest BCUT2D eigenvalue weighted by atomic mass is 32.2. The topological polar surface area (TPSA) is 77.9 Å². The van der Waals surface area contributed by atoms with Crippen molar-refractivity contribution in [2.75, 3.05) is 11.4 Å². The molecule has 1 N–H and O–H groups in total. The van der Waals surface area contributed by atoms with Gasteiger partial charge < -0.3 is 5.11 Å². The van der Waals surface area contributed by atoms with Crippen LogP contribution in [0.2, 0.25) is 0 Å². The SMILES string of the molecule is CC1(C)C2=C(c3cccc(O)c3N1C(=O)CN1C(=O)CCC1=O)C1(C=CS2)SC=CS1. The summed E-state index contributed by atoms with van der Waals surface area (Å²) in [5.74, 6) is -1.05. The lowest BCUT2D eigenvalue weighted by Crippen LogP contribution is -2.55. The summed E-state index contributed by atoms with van der Waals surface area (Å²) in [4.78, 5) is 41.4. The van der Waals surface area contributed by atoms with E-state index < -0.39 is 11.4 Å². The molecule has 4 aliphatic heterocycles. The molecule has 31 heavy (non-hydrogen) atoms. The molecule has 1 aromatic rings. The van der Waals surface area contributed by atoms with Crippen molar-refractivity contribution in [1.29, 1.82) is 0 Å². The molecule has 4 aliphatic rings. The number of anilines is 1. The predicted molar refractivity (Wildman–Crippen MR) is 126 cm³/mol. The van der Waals surface area contributed by atoms with E-state index in [0.29, 0.717) is 5.69 Å². The highest BCUT2D eigenvalue weighted by molar-refractivity contribution is 8.24. The van der Waals surface area contributed by atoms with Crippen molar-refractivity contribution in [1.82, 2.24) is 4.90 Å². The number of nitrogens with zero attached hydrogens (tertiary/aromatic N) is 2. The molecule has 9 heteroatoms. The Morgan fingerprint density at radius 3 is 2.45 bits per heavy atom. The third-order valence-corrected chi connectivity index (χ3v) is 9.80. The molecule has 0 aromatic heterocycles. The van der Waals surface area contributed by atoms with Crippen LogP contribution in [-0.2, 0) is 14.4 Å². The second kappa shape index (κ2) is 7.21. The maximum Gasteiger partial charge on any atom is 0.248 e. The number of aromatic hydroxyl groups is 1. The standard InChI is InChI=1S/C22H20N2O4S3/c1-21(2)20-18(22(8-9-29-20)30-10-11-31-22)13-4-3-5-14(25)19(13)24(21)17(28)12-23-15(26)6-7-16(23)27/h3-5,8-11,25H,6-7,12H2,1-2H3. The van der Waals surface area contributed by atoms with Gasteiger partial charge in [-0.05, 0) is 42.2 Å². The van der Waals surface area contributed by atoms with Crippen LogP contribution in [0, 0.1) is 0 Å². The number of imide groups is 1. The summed E-state index contributed by atoms with van der Waals surface area (Å²) in [6, 6.07) is 5.27. The minimum Gasteiger partial charge on any atom is -0.506 e. The Hall–Kier alpha value is -2.10. The van der Waals surface area contributed by atoms with Crippen LogP contribution in [0.1, 0.15) is 32.3 Å². The molecule has 1 aromatic carbocycles. The first-order valence-corrected chi connectivity index (χ1v) is 12.5. The number of benzene rings is 1. The van der Waals surface area contributed by atoms with Crippen molar-refractivity contribution >= 4 is 64.3 Å². The van der Waals surface area contributed by atoms with Gasteiger partial charge in [-0.15, -0.1) is 23.5 Å². The van der Waals surface area contributed by atoms with E-state index in [1.807, 2.05) is 19.9 Å². The van der Waals surface area contributed by atoms with Crippen LogP contribution < -0.4 is 4.90 Å². The van der Waals surface area contributed by atoms with Crippen LogP contribution in [-0.4, -0.2) is 43.9 Å². The van der Waals surface area contributed by atoms with Crippen LogP contribution in [0.3, 0.4) is 0 Å². The summed E-state index contributed by atoms with van der Waals surface area (Å²) in [6.07, 6.45) is 2.43. The van der Waals surface area contributed by atoms with Gasteiger partial charge in [-0.3, -0.25) is 24.2 Å². The number of hydrogen-bond acceptors (Lipinski definition) is 7. The number of likely N-dealkylation sites (tertiary alicyclic amines) is 1. The molecular formula is C22H20N2O4S3. The zero-order valence-corrected chi connectivity index (χ0v) is 19.4. The maximum atomic E-state index is 13.6. The lowest BCUT2D eigenvalue weighted by Gasteiger charge is -2.49. The molecule has 0 radical (unpaired) electrons. The summed E-state index contributed by atoms with van der Waals surface area (Å²) >= 11 is 4.97. The fourth-order valence-electron chi connectivity index (χ4n) is 4.52. The van der Waals surface area contributed by atoms with E-state index in [1.165, 1.54) is 0 Å². The minimum atomic E-state index is -0.782. The van der Waals surface area contributed by atoms with E-state index in [0.717, 1.165) is 20.9 Å². The molecule has 1 saturated heterocycles. The zero-order valence-electron chi connectivity index (χ0n) is 17.0. The number of rotatable bonds is 2. The van der Waals surface area contributed by atoms with Crippen molar-refractivity contribution in [2.24, 2.45) is 0 Å². The average molecular weight is 473 g/mol. The molecule has 4 heterocycles. The Bertz CT molecular complexity index is 1100. The quantitative estimate of drug-likeness (QED) is 0.644. The molecule has 3 amide bonds. The van der Waals surface area contributed by atoms with Gasteiger partial charge in [0.05, 0.1) is 11.2 Å². The summed E-state index contributed by atoms with van der Waals surface area (Å²) < 4.78 is -0.351. The monoisotopic (exact) mass is 472 g/mol. The van der Waals surface area contributed by atoms with Crippen LogP contribution in [0.5, 0.6) is 5.75 Å². The van der Waals surface area contributed by atoms with E-state index in [2.05, 4.69) is 22.3 Å². The van der Waals surface area contributed by atoms with Gasteiger partial charge in [-0.25, -0.2) is 0 Å². The lowest BCUT2D eigenvalue weighted by atomic mass is 9.85. The second-order valence-corrected chi connectivity index (χ2v) is 11.6. The van der Waals surface area contributed by atoms with E-state index in [-0.39, 0.29) is 41.0 Å². The molecule has 0 aliphatic carbocycles. The van der Waals surface area contributed by atoms with E-state index >= 15 is 0 Å². The molecule has 0 atom stereocenters. The number of hydrogen-bond donors (Lipinski definition) is 1. The molecular weight excluding hydrogens is 452 g/mol. The maximum absolute atomic E-state index is 13.6. The van der Waals surface area contributed by atoms with Gasteiger partial charge in [0, 0.05) is 28.9 Å². The number of fused-ring (bicyclic) bond motifs is 3. The van der Waals surface area contributed by atoms with Crippen molar-refractivity contribution < 1.29 is 19.5 Å². The van der Waals surface area contributed by atoms with Crippen molar-refractivity contribution in [3.05, 3.63) is 51.0 Å². The van der Waals surface area contributed by atoms with Gasteiger partial charge >= 0.3 is 0 Å². The number of phenolic OH excluding ortho intramolecular Hbond substituents is 1. The van der Waals surface area contributed by atoms with Gasteiger partial charge in [-0.1, -0.05) is 23.9 Å². The number of para-hydroxylation sites is 1. The Labute approximate surface area is 192 Å². The van der Waals surface area contributed by atoms with Crippen molar-refractivity contribution in [3.8, 4) is 5.75 Å². The zero-order chi connectivity index (χ0) is 22.0. The fourth-order valence-corrected chi connectivity index (χ4v) is 8.36. The molecule has 0 bridgehead atoms. The largest absolute Gasteiger partial charge is 0.506 e. The summed E-state index contributed by atoms with van der Waals surface area (Å²) in [5, 5.41) is 17.1. The smallest absolute Gasteiger partial charge is 0.248 e. The number of phenols is 1. The van der Waals surface area contributed by atoms with Crippen molar-refractivity contribution in [2.45, 2.75) is 36.3 Å². The number of carbonyl (C=O) groups excluding carboxylic acids is 3. The Balaban J connectivity index is 1.65. The Morgan fingerprint density at radius 1 is 1.10 bits per heavy atom. The molecule has 160 valence electrons. The third-order valence-electron chi connectivity index (χ3n) is 5.91. The first-order chi connectivity index (χ1) is 14.8. The number of amides is 3. The minimum absolute atomic E-state index is 0.000194. The number of thioether (sulfide) groups is 3. The highest BCUT2D eigenvalue weighted by Gasteiger charge is 2.51. The van der Waals surface area contributed by atoms with E-state index in [9.17, 15) is 19.5 Å². The van der Waals surface area contributed by atoms with Gasteiger partial charge in [0.1, 0.15) is 16.4 Å². The second-order valence-electron chi connectivity index (χ2n) is 8.14. The van der Waals surface area contributed by atoms with Crippen LogP contribution >= 0.6 is 35.3 Å². The first kappa shape index (κ1) is 20.8. The van der Waals surface area contributed by atoms with E-state index in [1.54, 1.807) is 52.3 Å². The van der Waals surface area contributed by atoms with Gasteiger partial charge in [0.25, 0.3) is 0 Å². The normalized spacial score (nSPS) is 23.0. The first-order valence-electron chi connectivity index (χ1n) is 9.85. The summed E-state index contributed by atoms with van der Waals surface area (Å²) in [7, 11) is 0. The average Bonchev–Trinajstić information content (AvgIpc) is 3.31. The summed E-state index contributed by atoms with van der Waals surface area (Å²) in [5.41, 5.74) is 1.52. The Morgan fingerprint density at radius 2 is 1.77 bits per heavy atom. The fraction of sp³-hybridized carbons (Fsp3) is 0.318. The molecule has 1 fully saturated rings. The third kappa shape index (κ3) is 3.01. The van der Waals surface area contributed by atoms with E-state index in [4.69, 9.17) is 0 Å². The number of carbonyl (C=O) groups is 3. The summed E-state index contributed by atoms with van der Waals surface area (Å²) in [6.45, 7) is 3.57. The van der Waals surface area contributed by atoms with Gasteiger partial charge in [0.15, 0.2) is 0 Å². The Kier molecular flexibility index (Phi) is 4.84. The predicted octanol–water partition coefficient (Wildman–Crippen LogP) is 4.29. The molecule has 5 rings (SSSR count). The van der Waals surface area contributed by atoms with Crippen LogP contribution in [0.25, 0.3) is 5.57 Å². The van der Waals surface area contributed by atoms with Crippen LogP contribution in [0.15, 0.2) is 45.4 Å². The molecule has 1 spiro atoms. The van der Waals surface area contributed by atoms with Gasteiger partial charge in [0.2, 0.25) is 17.7 Å². The van der Waals surface area contributed by atoms with Crippen LogP contribution in [0.4, 0.5) is 5.69 Å².